The van der Waals surface area contributed by atoms with Crippen LogP contribution in [0.1, 0.15) is 149 Å². The molecule has 0 aromatic rings. The summed E-state index contributed by atoms with van der Waals surface area (Å²) >= 11 is 10.6. The van der Waals surface area contributed by atoms with Crippen molar-refractivity contribution in [3.8, 4) is 0 Å². The lowest BCUT2D eigenvalue weighted by molar-refractivity contribution is -0.242. The number of fused-ring (bicyclic) bond motifs is 12. The molecule has 16 aliphatic rings. The lowest BCUT2D eigenvalue weighted by Crippen LogP contribution is -2.56. The third kappa shape index (κ3) is 33.1. The van der Waals surface area contributed by atoms with Gasteiger partial charge in [-0.25, -0.2) is 0 Å². The maximum absolute atomic E-state index is 12.6. The number of thiol groups is 2. The van der Waals surface area contributed by atoms with Gasteiger partial charge in [0.1, 0.15) is 124 Å². The quantitative estimate of drug-likeness (QED) is 0.0161. The van der Waals surface area contributed by atoms with Gasteiger partial charge in [0.25, 0.3) is 23.6 Å². The van der Waals surface area contributed by atoms with Gasteiger partial charge in [0.15, 0.2) is 71.5 Å². The van der Waals surface area contributed by atoms with E-state index in [1.165, 1.54) is 47.8 Å². The van der Waals surface area contributed by atoms with E-state index in [1.54, 1.807) is 111 Å². The van der Waals surface area contributed by atoms with E-state index in [-0.39, 0.29) is 115 Å². The van der Waals surface area contributed by atoms with Crippen molar-refractivity contribution < 1.29 is 190 Å². The maximum Gasteiger partial charge on any atom is 0.307 e. The number of carbonyl (C=O) groups excluding carboxylic acids is 12. The first-order valence-corrected chi connectivity index (χ1v) is 51.7. The molecule has 8 amide bonds. The highest BCUT2D eigenvalue weighted by Crippen LogP contribution is 2.50. The molecule has 16 rings (SSSR count). The van der Waals surface area contributed by atoms with Gasteiger partial charge in [-0.1, -0.05) is 0 Å². The maximum atomic E-state index is 12.6. The summed E-state index contributed by atoms with van der Waals surface area (Å²) in [6.07, 6.45) is -6.34. The fourth-order valence-electron chi connectivity index (χ4n) is 17.8. The van der Waals surface area contributed by atoms with Gasteiger partial charge in [-0.2, -0.15) is 25.3 Å². The molecule has 14 saturated heterocycles. The van der Waals surface area contributed by atoms with Crippen molar-refractivity contribution in [2.24, 2.45) is 22.9 Å². The molecule has 0 aliphatic carbocycles. The van der Waals surface area contributed by atoms with Crippen molar-refractivity contribution in [2.75, 3.05) is 155 Å². The number of carbonyl (C=O) groups is 12. The zero-order valence-corrected chi connectivity index (χ0v) is 87.8. The molecule has 144 heavy (non-hydrogen) atoms. The van der Waals surface area contributed by atoms with Gasteiger partial charge < -0.3 is 156 Å². The molecule has 8 N–H and O–H groups in total. The van der Waals surface area contributed by atoms with E-state index in [0.29, 0.717) is 90.5 Å². The number of imide groups is 4. The predicted molar refractivity (Wildman–Crippen MR) is 506 cm³/mol. The highest BCUT2D eigenvalue weighted by molar-refractivity contribution is 8.00. The van der Waals surface area contributed by atoms with E-state index in [0.717, 1.165) is 31.1 Å². The summed E-state index contributed by atoms with van der Waals surface area (Å²) in [5.41, 5.74) is 21.0. The highest BCUT2D eigenvalue weighted by Gasteiger charge is 2.66. The Kier molecular flexibility index (Phi) is 43.2. The molecule has 0 aromatic carbocycles. The van der Waals surface area contributed by atoms with E-state index >= 15 is 0 Å². The summed E-state index contributed by atoms with van der Waals surface area (Å²) in [7, 11) is 0. The number of nitrogens with two attached hydrogens (primary N) is 4. The zero-order chi connectivity index (χ0) is 105. The van der Waals surface area contributed by atoms with Crippen molar-refractivity contribution in [1.29, 1.82) is 0 Å². The van der Waals surface area contributed by atoms with Crippen LogP contribution in [0, 0.1) is 0 Å². The van der Waals surface area contributed by atoms with Gasteiger partial charge in [-0.15, -0.1) is 23.5 Å². The minimum atomic E-state index is -0.854. The van der Waals surface area contributed by atoms with Gasteiger partial charge in [0.05, 0.1) is 89.0 Å². The molecule has 48 nitrogen and oxygen atoms in total. The van der Waals surface area contributed by atoms with E-state index in [1.807, 2.05) is 0 Å². The van der Waals surface area contributed by atoms with Crippen molar-refractivity contribution in [2.45, 2.75) is 329 Å². The van der Waals surface area contributed by atoms with Crippen LogP contribution in [-0.2, 0) is 190 Å². The Morgan fingerprint density at radius 1 is 0.306 bits per heavy atom. The lowest BCUT2D eigenvalue weighted by atomic mass is 9.99. The summed E-state index contributed by atoms with van der Waals surface area (Å²) in [6.45, 7) is 34.8. The molecular weight excluding hydrogens is 1990 g/mol. The smallest absolute Gasteiger partial charge is 0.307 e. The van der Waals surface area contributed by atoms with Crippen molar-refractivity contribution in [3.05, 3.63) is 24.3 Å². The normalized spacial score (nSPS) is 33.1. The minimum absolute atomic E-state index is 0.0305. The topological polar surface area (TPSA) is 580 Å². The van der Waals surface area contributed by atoms with Crippen molar-refractivity contribution in [1.82, 2.24) is 19.6 Å². The Hall–Kier alpha value is -5.80. The second-order valence-corrected chi connectivity index (χ2v) is 42.3. The van der Waals surface area contributed by atoms with Gasteiger partial charge in [-0.3, -0.25) is 77.1 Å². The lowest BCUT2D eigenvalue weighted by Gasteiger charge is -2.36. The van der Waals surface area contributed by atoms with Crippen LogP contribution < -0.4 is 22.9 Å². The van der Waals surface area contributed by atoms with Crippen LogP contribution in [0.4, 0.5) is 0 Å². The van der Waals surface area contributed by atoms with Crippen LogP contribution in [0.2, 0.25) is 0 Å². The molecule has 22 unspecified atom stereocenters. The molecule has 52 heteroatoms. The number of nitrogens with zero attached hydrogens (tertiary/aromatic N) is 4. The summed E-state index contributed by atoms with van der Waals surface area (Å²) in [6, 6.07) is 0. The number of likely N-dealkylation sites (tertiary alicyclic amines) is 2. The van der Waals surface area contributed by atoms with Crippen LogP contribution in [0.25, 0.3) is 0 Å². The zero-order valence-electron chi connectivity index (χ0n) is 84.4. The van der Waals surface area contributed by atoms with Gasteiger partial charge in [-0.05, 0) is 111 Å². The van der Waals surface area contributed by atoms with Crippen LogP contribution in [0.3, 0.4) is 0 Å². The third-order valence-electron chi connectivity index (χ3n) is 23.6. The Bertz CT molecular complexity index is 4110. The number of hydrogen-bond donors (Lipinski definition) is 6. The first kappa shape index (κ1) is 118. The van der Waals surface area contributed by atoms with E-state index in [2.05, 4.69) is 25.3 Å². The van der Waals surface area contributed by atoms with Crippen LogP contribution in [-0.4, -0.2) is 425 Å². The number of esters is 4. The van der Waals surface area contributed by atoms with Crippen LogP contribution in [0.15, 0.2) is 24.3 Å². The summed E-state index contributed by atoms with van der Waals surface area (Å²) < 4.78 is 161. The largest absolute Gasteiger partial charge is 0.463 e. The number of thioether (sulfide) groups is 2. The second-order valence-electron chi connectivity index (χ2n) is 38.8. The van der Waals surface area contributed by atoms with Gasteiger partial charge >= 0.3 is 23.9 Å². The Morgan fingerprint density at radius 3 is 0.743 bits per heavy atom. The number of rotatable bonds is 40. The van der Waals surface area contributed by atoms with Crippen LogP contribution in [0.5, 0.6) is 0 Å². The average Bonchev–Trinajstić information content (AvgIpc) is 1.60. The highest BCUT2D eigenvalue weighted by atomic mass is 32.2. The SMILES string of the molecule is CC1(C)OC2OC(COC(=O)CCN3C(=O)C=CC3=O)C3OC(C)(C)OC3C2O1.CC1(C)OC2OC(COC(=O)CCN3C(=O)C=CC3=O)C3OC(C)(C)OC3C2O1.CC1(C)OC2OC(COC(=O)CCN3C(=O)CC(SCCOCCN)C3=O)C3OC(C)(C)OC3C2O1.CC1(C)OC2OC(COC(=O)CCN3C(=O)CC(SCCOCCN)C3=O)C3OC(C)(C)OC3C2O1.NCCOCCS.NCCOCCS. The molecule has 0 spiro atoms. The standard InChI is InChI=1S/2C23H36N2O10S.2C19H25NO9.2C4H11NOS/c2*1-22(2)32-17-13(31-21-19(18(17)33-22)34-23(3,4)35-21)12-30-16(27)5-7-25-15(26)11-14(20(25)28)36-10-9-29-8-6-24;2*1-18(2)26-14-10(25-17-16(15(14)27-18)28-19(3,4)29-17)9-24-13(23)7-8-20-11(21)5-6-12(20)22;2*5-1-2-6-3-4-7/h2*13-14,17-19,21H,5-12,24H2,1-4H3;2*5-6,10,14-17H,7-9H2,1-4H3;2*7H,1-5H2. The molecule has 16 aliphatic heterocycles. The average molecular weight is 2130 g/mol. The predicted octanol–water partition coefficient (Wildman–Crippen LogP) is 0.570. The fraction of sp³-hybridized carbons (Fsp3) is 0.826. The molecule has 816 valence electrons. The minimum Gasteiger partial charge on any atom is -0.463 e. The fourth-order valence-corrected chi connectivity index (χ4v) is 20.1. The van der Waals surface area contributed by atoms with Gasteiger partial charge in [0.2, 0.25) is 23.6 Å². The molecule has 0 bridgehead atoms. The Morgan fingerprint density at radius 2 is 0.514 bits per heavy atom. The number of amides is 8. The summed E-state index contributed by atoms with van der Waals surface area (Å²) in [5, 5.41) is -0.924. The first-order chi connectivity index (χ1) is 67.9. The van der Waals surface area contributed by atoms with Crippen molar-refractivity contribution in [3.63, 3.8) is 0 Å². The summed E-state index contributed by atoms with van der Waals surface area (Å²) in [4.78, 5) is 149. The second kappa shape index (κ2) is 52.5. The van der Waals surface area contributed by atoms with Crippen molar-refractivity contribution >= 4 is 120 Å². The third-order valence-corrected chi connectivity index (χ3v) is 26.3. The van der Waals surface area contributed by atoms with Crippen LogP contribution >= 0.6 is 48.8 Å². The number of hydrogen-bond acceptors (Lipinski definition) is 48. The monoisotopic (exact) mass is 2130 g/mol. The molecule has 14 fully saturated rings. The van der Waals surface area contributed by atoms with E-state index in [9.17, 15) is 57.5 Å². The Labute approximate surface area is 856 Å². The van der Waals surface area contributed by atoms with E-state index in [4.69, 9.17) is 156 Å². The molecule has 0 aromatic heterocycles. The summed E-state index contributed by atoms with van der Waals surface area (Å²) in [5.74, 6) is -9.14. The molecular formula is C92H144N8O40S4. The number of ether oxygens (including phenoxy) is 28. The molecule has 0 saturated carbocycles. The molecule has 0 radical (unpaired) electrons. The van der Waals surface area contributed by atoms with Gasteiger partial charge in [0, 0.05) is 113 Å². The first-order valence-electron chi connectivity index (χ1n) is 48.3. The van der Waals surface area contributed by atoms with E-state index < -0.39 is 227 Å². The molecule has 22 atom stereocenters. The molecule has 16 heterocycles. The Balaban J connectivity index is 0.000000175.